The van der Waals surface area contributed by atoms with Gasteiger partial charge in [0.25, 0.3) is 11.8 Å². The SMILES string of the molecule is CCCOc1ccccc1CCCNC(=O)/C(=C/c1cccs1)NC(=O)c1ccccc1C. The summed E-state index contributed by atoms with van der Waals surface area (Å²) in [4.78, 5) is 26.6. The van der Waals surface area contributed by atoms with E-state index in [1.165, 1.54) is 11.3 Å². The molecule has 2 aromatic carbocycles. The van der Waals surface area contributed by atoms with Crippen molar-refractivity contribution >= 4 is 29.2 Å². The molecule has 0 atom stereocenters. The van der Waals surface area contributed by atoms with Gasteiger partial charge in [-0.15, -0.1) is 11.3 Å². The van der Waals surface area contributed by atoms with Crippen molar-refractivity contribution in [3.05, 3.63) is 93.3 Å². The van der Waals surface area contributed by atoms with Crippen molar-refractivity contribution in [2.24, 2.45) is 0 Å². The lowest BCUT2D eigenvalue weighted by Gasteiger charge is -2.13. The van der Waals surface area contributed by atoms with E-state index in [4.69, 9.17) is 4.74 Å². The summed E-state index contributed by atoms with van der Waals surface area (Å²) in [5, 5.41) is 7.67. The molecule has 3 rings (SSSR count). The third kappa shape index (κ3) is 7.32. The van der Waals surface area contributed by atoms with Gasteiger partial charge in [-0.2, -0.15) is 0 Å². The Labute approximate surface area is 199 Å². The van der Waals surface area contributed by atoms with Crippen LogP contribution in [0.15, 0.2) is 71.7 Å². The third-order valence-corrected chi connectivity index (χ3v) is 5.87. The van der Waals surface area contributed by atoms with E-state index in [-0.39, 0.29) is 17.5 Å². The molecule has 3 aromatic rings. The van der Waals surface area contributed by atoms with E-state index in [0.717, 1.165) is 41.0 Å². The maximum Gasteiger partial charge on any atom is 0.267 e. The minimum Gasteiger partial charge on any atom is -0.493 e. The molecule has 6 heteroatoms. The second kappa shape index (κ2) is 12.6. The van der Waals surface area contributed by atoms with Gasteiger partial charge in [0.1, 0.15) is 11.4 Å². The fourth-order valence-corrected chi connectivity index (χ4v) is 3.99. The van der Waals surface area contributed by atoms with Crippen molar-refractivity contribution in [1.82, 2.24) is 10.6 Å². The average molecular weight is 463 g/mol. The van der Waals surface area contributed by atoms with Crippen molar-refractivity contribution in [2.45, 2.75) is 33.1 Å². The second-order valence-corrected chi connectivity index (χ2v) is 8.64. The molecule has 1 heterocycles. The fraction of sp³-hybridized carbons (Fsp3) is 0.259. The van der Waals surface area contributed by atoms with Gasteiger partial charge in [0.2, 0.25) is 0 Å². The lowest BCUT2D eigenvalue weighted by molar-refractivity contribution is -0.117. The van der Waals surface area contributed by atoms with Gasteiger partial charge in [0.05, 0.1) is 6.61 Å². The van der Waals surface area contributed by atoms with Gasteiger partial charge in [-0.25, -0.2) is 0 Å². The van der Waals surface area contributed by atoms with E-state index < -0.39 is 0 Å². The van der Waals surface area contributed by atoms with Crippen LogP contribution in [0.1, 0.15) is 46.1 Å². The zero-order valence-corrected chi connectivity index (χ0v) is 19.9. The summed E-state index contributed by atoms with van der Waals surface area (Å²) in [5.41, 5.74) is 2.76. The lowest BCUT2D eigenvalue weighted by Crippen LogP contribution is -2.35. The lowest BCUT2D eigenvalue weighted by atomic mass is 10.1. The van der Waals surface area contributed by atoms with E-state index in [9.17, 15) is 9.59 Å². The molecule has 0 radical (unpaired) electrons. The molecule has 0 fully saturated rings. The van der Waals surface area contributed by atoms with E-state index in [2.05, 4.69) is 23.6 Å². The Hall–Kier alpha value is -3.38. The zero-order chi connectivity index (χ0) is 23.5. The Kier molecular flexibility index (Phi) is 9.27. The molecule has 0 spiro atoms. The third-order valence-electron chi connectivity index (χ3n) is 5.06. The number of para-hydroxylation sites is 1. The molecule has 2 amide bonds. The number of benzene rings is 2. The number of carbonyl (C=O) groups excluding carboxylic acids is 2. The number of thiophene rings is 1. The molecule has 0 aliphatic rings. The Morgan fingerprint density at radius 2 is 1.82 bits per heavy atom. The highest BCUT2D eigenvalue weighted by Crippen LogP contribution is 2.20. The van der Waals surface area contributed by atoms with E-state index in [1.54, 1.807) is 12.1 Å². The molecule has 0 unspecified atom stereocenters. The van der Waals surface area contributed by atoms with Crippen molar-refractivity contribution in [3.8, 4) is 5.75 Å². The molecule has 1 aromatic heterocycles. The molecule has 33 heavy (non-hydrogen) atoms. The van der Waals surface area contributed by atoms with Crippen LogP contribution in [0.3, 0.4) is 0 Å². The molecule has 0 aliphatic carbocycles. The highest BCUT2D eigenvalue weighted by atomic mass is 32.1. The predicted octanol–water partition coefficient (Wildman–Crippen LogP) is 5.37. The Bertz CT molecular complexity index is 1090. The van der Waals surface area contributed by atoms with Crippen LogP contribution in [0.4, 0.5) is 0 Å². The highest BCUT2D eigenvalue weighted by Gasteiger charge is 2.16. The number of ether oxygens (including phenoxy) is 1. The summed E-state index contributed by atoms with van der Waals surface area (Å²) in [6, 6.07) is 19.1. The Balaban J connectivity index is 1.62. The van der Waals surface area contributed by atoms with E-state index >= 15 is 0 Å². The standard InChI is InChI=1S/C27H30N2O3S/c1-3-17-32-25-15-7-5-11-21(25)12-8-16-28-27(31)24(19-22-13-9-18-33-22)29-26(30)23-14-6-4-10-20(23)2/h4-7,9-11,13-15,18-19H,3,8,12,16-17H2,1-2H3,(H,28,31)(H,29,30)/b24-19-. The molecule has 2 N–H and O–H groups in total. The van der Waals surface area contributed by atoms with E-state index in [0.29, 0.717) is 18.7 Å². The molecule has 0 bridgehead atoms. The molecule has 0 aliphatic heterocycles. The molecular formula is C27H30N2O3S. The average Bonchev–Trinajstić information content (AvgIpc) is 3.34. The first-order valence-electron chi connectivity index (χ1n) is 11.2. The Morgan fingerprint density at radius 3 is 2.58 bits per heavy atom. The molecule has 172 valence electrons. The van der Waals surface area contributed by atoms with Crippen LogP contribution in [-0.4, -0.2) is 25.0 Å². The summed E-state index contributed by atoms with van der Waals surface area (Å²) in [5.74, 6) is 0.295. The fourth-order valence-electron chi connectivity index (χ4n) is 3.33. The summed E-state index contributed by atoms with van der Waals surface area (Å²) in [7, 11) is 0. The number of carbonyl (C=O) groups is 2. The number of rotatable bonds is 11. The van der Waals surface area contributed by atoms with Gasteiger partial charge in [0.15, 0.2) is 0 Å². The number of amides is 2. The smallest absolute Gasteiger partial charge is 0.267 e. The van der Waals surface area contributed by atoms with Crippen molar-refractivity contribution < 1.29 is 14.3 Å². The zero-order valence-electron chi connectivity index (χ0n) is 19.1. The topological polar surface area (TPSA) is 67.4 Å². The number of aryl methyl sites for hydroxylation is 2. The first kappa shape index (κ1) is 24.3. The van der Waals surface area contributed by atoms with Crippen LogP contribution in [0, 0.1) is 6.92 Å². The summed E-state index contributed by atoms with van der Waals surface area (Å²) >= 11 is 1.51. The quantitative estimate of drug-likeness (QED) is 0.298. The minimum atomic E-state index is -0.305. The summed E-state index contributed by atoms with van der Waals surface area (Å²) in [6.07, 6.45) is 4.22. The normalized spacial score (nSPS) is 11.2. The molecule has 0 saturated carbocycles. The molecule has 0 saturated heterocycles. The first-order chi connectivity index (χ1) is 16.1. The van der Waals surface area contributed by atoms with Gasteiger partial charge in [-0.3, -0.25) is 9.59 Å². The van der Waals surface area contributed by atoms with Crippen LogP contribution in [-0.2, 0) is 11.2 Å². The minimum absolute atomic E-state index is 0.234. The van der Waals surface area contributed by atoms with Gasteiger partial charge in [0, 0.05) is 17.0 Å². The van der Waals surface area contributed by atoms with Crippen molar-refractivity contribution in [3.63, 3.8) is 0 Å². The van der Waals surface area contributed by atoms with Gasteiger partial charge >= 0.3 is 0 Å². The van der Waals surface area contributed by atoms with Crippen molar-refractivity contribution in [2.75, 3.05) is 13.2 Å². The van der Waals surface area contributed by atoms with Crippen molar-refractivity contribution in [1.29, 1.82) is 0 Å². The van der Waals surface area contributed by atoms with Gasteiger partial charge in [-0.05, 0) is 67.0 Å². The first-order valence-corrected chi connectivity index (χ1v) is 12.1. The van der Waals surface area contributed by atoms with Crippen LogP contribution in [0.2, 0.25) is 0 Å². The molecule has 5 nitrogen and oxygen atoms in total. The maximum atomic E-state index is 12.9. The molecular weight excluding hydrogens is 432 g/mol. The predicted molar refractivity (Wildman–Crippen MR) is 134 cm³/mol. The number of hydrogen-bond acceptors (Lipinski definition) is 4. The summed E-state index contributed by atoms with van der Waals surface area (Å²) < 4.78 is 5.81. The second-order valence-electron chi connectivity index (χ2n) is 7.66. The largest absolute Gasteiger partial charge is 0.493 e. The number of hydrogen-bond donors (Lipinski definition) is 2. The monoisotopic (exact) mass is 462 g/mol. The van der Waals surface area contributed by atoms with E-state index in [1.807, 2.05) is 60.8 Å². The summed E-state index contributed by atoms with van der Waals surface area (Å²) in [6.45, 7) is 5.13. The Morgan fingerprint density at radius 1 is 1.03 bits per heavy atom. The van der Waals surface area contributed by atoms with Crippen LogP contribution in [0.25, 0.3) is 6.08 Å². The van der Waals surface area contributed by atoms with Gasteiger partial charge in [-0.1, -0.05) is 49.4 Å². The van der Waals surface area contributed by atoms with Crippen LogP contribution < -0.4 is 15.4 Å². The van der Waals surface area contributed by atoms with Crippen LogP contribution in [0.5, 0.6) is 5.75 Å². The maximum absolute atomic E-state index is 12.9. The highest BCUT2D eigenvalue weighted by molar-refractivity contribution is 7.10. The van der Waals surface area contributed by atoms with Crippen LogP contribution >= 0.6 is 11.3 Å². The van der Waals surface area contributed by atoms with Gasteiger partial charge < -0.3 is 15.4 Å². The number of nitrogens with one attached hydrogen (secondary N) is 2.